The van der Waals surface area contributed by atoms with Crippen molar-refractivity contribution in [1.82, 2.24) is 5.32 Å². The van der Waals surface area contributed by atoms with Crippen molar-refractivity contribution in [2.24, 2.45) is 5.92 Å². The Bertz CT molecular complexity index is 331. The Morgan fingerprint density at radius 2 is 2.13 bits per heavy atom. The zero-order valence-corrected chi connectivity index (χ0v) is 10.9. The quantitative estimate of drug-likeness (QED) is 0.876. The molecule has 0 bridgehead atoms. The number of halogens is 1. The molecule has 82 valence electrons. The summed E-state index contributed by atoms with van der Waals surface area (Å²) in [5.41, 5.74) is 1.36. The van der Waals surface area contributed by atoms with Crippen LogP contribution in [0.1, 0.15) is 38.3 Å². The number of rotatable bonds is 3. The number of benzene rings is 1. The van der Waals surface area contributed by atoms with E-state index in [0.717, 1.165) is 16.4 Å². The zero-order chi connectivity index (χ0) is 10.8. The maximum Gasteiger partial charge on any atom is 0.0294 e. The van der Waals surface area contributed by atoms with Gasteiger partial charge in [-0.3, -0.25) is 0 Å². The predicted octanol–water partition coefficient (Wildman–Crippen LogP) is 3.90. The fourth-order valence-corrected chi connectivity index (χ4v) is 2.68. The van der Waals surface area contributed by atoms with E-state index in [1.165, 1.54) is 18.4 Å². The monoisotopic (exact) mass is 267 g/mol. The molecule has 2 heteroatoms. The minimum absolute atomic E-state index is 0.458. The average molecular weight is 268 g/mol. The molecule has 0 amide bonds. The van der Waals surface area contributed by atoms with Crippen LogP contribution in [0.4, 0.5) is 0 Å². The Balaban J connectivity index is 1.93. The maximum absolute atomic E-state index is 3.67. The first-order valence-corrected chi connectivity index (χ1v) is 6.46. The fourth-order valence-electron chi connectivity index (χ4n) is 2.26. The SMILES string of the molecule is CC1CC(N[C@H](C)c2cccc(Br)c2)C1. The summed E-state index contributed by atoms with van der Waals surface area (Å²) >= 11 is 3.51. The molecule has 0 aliphatic heterocycles. The third kappa shape index (κ3) is 2.82. The van der Waals surface area contributed by atoms with Gasteiger partial charge in [0.25, 0.3) is 0 Å². The van der Waals surface area contributed by atoms with Crippen molar-refractivity contribution < 1.29 is 0 Å². The first-order chi connectivity index (χ1) is 7.15. The lowest BCUT2D eigenvalue weighted by Gasteiger charge is -2.35. The molecule has 1 saturated carbocycles. The molecule has 0 unspecified atom stereocenters. The van der Waals surface area contributed by atoms with Crippen LogP contribution in [0, 0.1) is 5.92 Å². The van der Waals surface area contributed by atoms with Crippen LogP contribution in [-0.4, -0.2) is 6.04 Å². The van der Waals surface area contributed by atoms with Crippen molar-refractivity contribution in [3.8, 4) is 0 Å². The van der Waals surface area contributed by atoms with Crippen molar-refractivity contribution in [3.63, 3.8) is 0 Å². The van der Waals surface area contributed by atoms with E-state index in [-0.39, 0.29) is 0 Å². The molecule has 1 aliphatic rings. The summed E-state index contributed by atoms with van der Waals surface area (Å²) in [6.45, 7) is 4.56. The molecular formula is C13H18BrN. The molecule has 1 aromatic rings. The molecule has 1 nitrogen and oxygen atoms in total. The van der Waals surface area contributed by atoms with Crippen LogP contribution < -0.4 is 5.32 Å². The van der Waals surface area contributed by atoms with Gasteiger partial charge in [-0.25, -0.2) is 0 Å². The van der Waals surface area contributed by atoms with Gasteiger partial charge in [0, 0.05) is 16.6 Å². The number of nitrogens with one attached hydrogen (secondary N) is 1. The second-order valence-electron chi connectivity index (χ2n) is 4.72. The second kappa shape index (κ2) is 4.67. The van der Waals surface area contributed by atoms with E-state index in [4.69, 9.17) is 0 Å². The summed E-state index contributed by atoms with van der Waals surface area (Å²) in [5, 5.41) is 3.67. The highest BCUT2D eigenvalue weighted by Gasteiger charge is 2.26. The predicted molar refractivity (Wildman–Crippen MR) is 67.9 cm³/mol. The first kappa shape index (κ1) is 11.2. The van der Waals surface area contributed by atoms with Gasteiger partial charge in [-0.2, -0.15) is 0 Å². The minimum atomic E-state index is 0.458. The van der Waals surface area contributed by atoms with Gasteiger partial charge in [0.05, 0.1) is 0 Å². The lowest BCUT2D eigenvalue weighted by molar-refractivity contribution is 0.226. The summed E-state index contributed by atoms with van der Waals surface area (Å²) in [7, 11) is 0. The molecule has 1 N–H and O–H groups in total. The first-order valence-electron chi connectivity index (χ1n) is 5.66. The van der Waals surface area contributed by atoms with E-state index in [1.54, 1.807) is 0 Å². The second-order valence-corrected chi connectivity index (χ2v) is 5.63. The van der Waals surface area contributed by atoms with Gasteiger partial charge in [0.1, 0.15) is 0 Å². The van der Waals surface area contributed by atoms with Crippen molar-refractivity contribution in [2.75, 3.05) is 0 Å². The molecule has 2 rings (SSSR count). The van der Waals surface area contributed by atoms with Gasteiger partial charge < -0.3 is 5.32 Å². The van der Waals surface area contributed by atoms with Crippen molar-refractivity contribution in [2.45, 2.75) is 38.8 Å². The Morgan fingerprint density at radius 3 is 2.73 bits per heavy atom. The minimum Gasteiger partial charge on any atom is -0.307 e. The molecule has 1 fully saturated rings. The highest BCUT2D eigenvalue weighted by Crippen LogP contribution is 2.29. The molecule has 15 heavy (non-hydrogen) atoms. The molecule has 1 atom stereocenters. The van der Waals surface area contributed by atoms with Crippen LogP contribution >= 0.6 is 15.9 Å². The van der Waals surface area contributed by atoms with E-state index in [2.05, 4.69) is 59.4 Å². The number of hydrogen-bond acceptors (Lipinski definition) is 1. The standard InChI is InChI=1S/C13H18BrN/c1-9-6-13(7-9)15-10(2)11-4-3-5-12(14)8-11/h3-5,8-10,13,15H,6-7H2,1-2H3/t9?,10-,13?/m1/s1. The van der Waals surface area contributed by atoms with Crippen molar-refractivity contribution in [1.29, 1.82) is 0 Å². The third-order valence-electron chi connectivity index (χ3n) is 3.21. The van der Waals surface area contributed by atoms with E-state index >= 15 is 0 Å². The Kier molecular flexibility index (Phi) is 3.47. The molecule has 0 spiro atoms. The molecule has 0 aromatic heterocycles. The molecule has 0 radical (unpaired) electrons. The van der Waals surface area contributed by atoms with E-state index in [9.17, 15) is 0 Å². The van der Waals surface area contributed by atoms with Crippen molar-refractivity contribution in [3.05, 3.63) is 34.3 Å². The van der Waals surface area contributed by atoms with Crippen LogP contribution in [0.25, 0.3) is 0 Å². The van der Waals surface area contributed by atoms with Gasteiger partial charge in [-0.15, -0.1) is 0 Å². The number of hydrogen-bond donors (Lipinski definition) is 1. The molecule has 1 aliphatic carbocycles. The largest absolute Gasteiger partial charge is 0.307 e. The Hall–Kier alpha value is -0.340. The summed E-state index contributed by atoms with van der Waals surface area (Å²) in [5.74, 6) is 0.914. The Morgan fingerprint density at radius 1 is 1.40 bits per heavy atom. The average Bonchev–Trinajstić information content (AvgIpc) is 2.15. The fraction of sp³-hybridized carbons (Fsp3) is 0.538. The lowest BCUT2D eigenvalue weighted by Crippen LogP contribution is -2.41. The smallest absolute Gasteiger partial charge is 0.0294 e. The van der Waals surface area contributed by atoms with Crippen LogP contribution in [0.15, 0.2) is 28.7 Å². The highest BCUT2D eigenvalue weighted by atomic mass is 79.9. The van der Waals surface area contributed by atoms with Gasteiger partial charge in [0.15, 0.2) is 0 Å². The van der Waals surface area contributed by atoms with E-state index in [1.807, 2.05) is 0 Å². The van der Waals surface area contributed by atoms with Gasteiger partial charge in [-0.05, 0) is 43.4 Å². The maximum atomic E-state index is 3.67. The molecule has 1 aromatic carbocycles. The summed E-state index contributed by atoms with van der Waals surface area (Å²) in [6, 6.07) is 9.74. The molecular weight excluding hydrogens is 250 g/mol. The van der Waals surface area contributed by atoms with Gasteiger partial charge in [-0.1, -0.05) is 35.0 Å². The zero-order valence-electron chi connectivity index (χ0n) is 9.33. The normalized spacial score (nSPS) is 27.1. The summed E-state index contributed by atoms with van der Waals surface area (Å²) in [4.78, 5) is 0. The highest BCUT2D eigenvalue weighted by molar-refractivity contribution is 9.10. The van der Waals surface area contributed by atoms with Gasteiger partial charge in [0.2, 0.25) is 0 Å². The Labute approximate surface area is 100 Å². The van der Waals surface area contributed by atoms with Crippen LogP contribution in [0.5, 0.6) is 0 Å². The topological polar surface area (TPSA) is 12.0 Å². The summed E-state index contributed by atoms with van der Waals surface area (Å²) in [6.07, 6.45) is 2.66. The summed E-state index contributed by atoms with van der Waals surface area (Å²) < 4.78 is 1.16. The third-order valence-corrected chi connectivity index (χ3v) is 3.70. The van der Waals surface area contributed by atoms with Gasteiger partial charge >= 0.3 is 0 Å². The van der Waals surface area contributed by atoms with Crippen LogP contribution in [0.2, 0.25) is 0 Å². The molecule has 0 heterocycles. The molecule has 0 saturated heterocycles. The van der Waals surface area contributed by atoms with E-state index < -0.39 is 0 Å². The lowest BCUT2D eigenvalue weighted by atomic mass is 9.81. The van der Waals surface area contributed by atoms with Crippen LogP contribution in [-0.2, 0) is 0 Å². The van der Waals surface area contributed by atoms with Crippen LogP contribution in [0.3, 0.4) is 0 Å². The van der Waals surface area contributed by atoms with Crippen molar-refractivity contribution >= 4 is 15.9 Å². The van der Waals surface area contributed by atoms with E-state index in [0.29, 0.717) is 6.04 Å².